The molecule has 1 amide bonds. The molecule has 0 bridgehead atoms. The lowest BCUT2D eigenvalue weighted by Gasteiger charge is -2.16. The monoisotopic (exact) mass is 317 g/mol. The van der Waals surface area contributed by atoms with E-state index < -0.39 is 11.9 Å². The Bertz CT molecular complexity index is 503. The van der Waals surface area contributed by atoms with Crippen molar-refractivity contribution in [3.8, 4) is 0 Å². The molecule has 0 aromatic carbocycles. The summed E-state index contributed by atoms with van der Waals surface area (Å²) in [6, 6.07) is 1.21. The predicted molar refractivity (Wildman–Crippen MR) is 76.2 cm³/mol. The first-order valence-electron chi connectivity index (χ1n) is 7.77. The van der Waals surface area contributed by atoms with Gasteiger partial charge in [-0.2, -0.15) is 18.3 Å². The Hall–Kier alpha value is -1.53. The Kier molecular flexibility index (Phi) is 5.47. The lowest BCUT2D eigenvalue weighted by molar-refractivity contribution is -0.141. The van der Waals surface area contributed by atoms with Gasteiger partial charge in [-0.15, -0.1) is 0 Å². The van der Waals surface area contributed by atoms with Crippen molar-refractivity contribution in [3.05, 3.63) is 17.5 Å². The van der Waals surface area contributed by atoms with Gasteiger partial charge in [-0.05, 0) is 25.8 Å². The molecule has 1 aliphatic carbocycles. The van der Waals surface area contributed by atoms with Crippen LogP contribution in [-0.4, -0.2) is 21.7 Å². The average molecular weight is 317 g/mol. The molecule has 1 aliphatic rings. The van der Waals surface area contributed by atoms with Crippen LogP contribution in [0.3, 0.4) is 0 Å². The molecule has 1 N–H and O–H groups in total. The second-order valence-corrected chi connectivity index (χ2v) is 5.90. The molecule has 7 heteroatoms. The lowest BCUT2D eigenvalue weighted by Crippen LogP contribution is -2.34. The Labute approximate surface area is 128 Å². The van der Waals surface area contributed by atoms with Gasteiger partial charge in [-0.25, -0.2) is 0 Å². The Morgan fingerprint density at radius 2 is 1.95 bits per heavy atom. The highest BCUT2D eigenvalue weighted by atomic mass is 19.4. The van der Waals surface area contributed by atoms with Crippen LogP contribution in [0.25, 0.3) is 0 Å². The minimum atomic E-state index is -4.45. The molecule has 0 atom stereocenters. The summed E-state index contributed by atoms with van der Waals surface area (Å²) in [5.74, 6) is -0.115. The molecule has 1 aromatic heterocycles. The molecule has 22 heavy (non-hydrogen) atoms. The molecule has 1 fully saturated rings. The maximum atomic E-state index is 12.6. The first-order valence-corrected chi connectivity index (χ1v) is 7.77. The molecule has 1 heterocycles. The van der Waals surface area contributed by atoms with Crippen LogP contribution in [0.5, 0.6) is 0 Å². The first kappa shape index (κ1) is 16.8. The fourth-order valence-corrected chi connectivity index (χ4v) is 2.81. The minimum absolute atomic E-state index is 0.115. The van der Waals surface area contributed by atoms with E-state index in [0.29, 0.717) is 5.69 Å². The zero-order chi connectivity index (χ0) is 16.2. The number of nitrogens with one attached hydrogen (secondary N) is 1. The van der Waals surface area contributed by atoms with Crippen LogP contribution in [0.2, 0.25) is 0 Å². The molecule has 1 aromatic rings. The predicted octanol–water partition coefficient (Wildman–Crippen LogP) is 3.44. The topological polar surface area (TPSA) is 46.9 Å². The standard InChI is InChI=1S/C15H22F3N3O/c1-11-10-13(15(16,17)18)20-21(11)9-8-14(22)19-12-6-4-2-3-5-7-12/h10,12H,2-9H2,1H3,(H,19,22). The molecular weight excluding hydrogens is 295 g/mol. The van der Waals surface area contributed by atoms with E-state index in [4.69, 9.17) is 0 Å². The highest BCUT2D eigenvalue weighted by molar-refractivity contribution is 5.76. The van der Waals surface area contributed by atoms with E-state index in [-0.39, 0.29) is 24.9 Å². The number of alkyl halides is 3. The highest BCUT2D eigenvalue weighted by Crippen LogP contribution is 2.28. The highest BCUT2D eigenvalue weighted by Gasteiger charge is 2.34. The fraction of sp³-hybridized carbons (Fsp3) is 0.733. The van der Waals surface area contributed by atoms with E-state index >= 15 is 0 Å². The van der Waals surface area contributed by atoms with Gasteiger partial charge in [0.15, 0.2) is 5.69 Å². The van der Waals surface area contributed by atoms with Crippen molar-refractivity contribution in [3.63, 3.8) is 0 Å². The Balaban J connectivity index is 1.84. The molecule has 0 radical (unpaired) electrons. The number of carbonyl (C=O) groups excluding carboxylic acids is 1. The van der Waals surface area contributed by atoms with Crippen molar-refractivity contribution >= 4 is 5.91 Å². The van der Waals surface area contributed by atoms with Crippen LogP contribution in [-0.2, 0) is 17.5 Å². The van der Waals surface area contributed by atoms with E-state index in [1.54, 1.807) is 6.92 Å². The van der Waals surface area contributed by atoms with Gasteiger partial charge in [0.1, 0.15) is 0 Å². The number of hydrogen-bond acceptors (Lipinski definition) is 2. The van der Waals surface area contributed by atoms with E-state index in [1.807, 2.05) is 0 Å². The molecule has 0 saturated heterocycles. The summed E-state index contributed by atoms with van der Waals surface area (Å²) in [4.78, 5) is 11.9. The van der Waals surface area contributed by atoms with E-state index in [0.717, 1.165) is 31.7 Å². The number of amides is 1. The van der Waals surface area contributed by atoms with Crippen LogP contribution in [0.4, 0.5) is 13.2 Å². The summed E-state index contributed by atoms with van der Waals surface area (Å²) in [6.45, 7) is 1.73. The molecule has 1 saturated carbocycles. The van der Waals surface area contributed by atoms with Crippen molar-refractivity contribution < 1.29 is 18.0 Å². The third kappa shape index (κ3) is 4.74. The summed E-state index contributed by atoms with van der Waals surface area (Å²) < 4.78 is 39.0. The number of halogens is 3. The molecule has 4 nitrogen and oxygen atoms in total. The number of aryl methyl sites for hydroxylation is 2. The quantitative estimate of drug-likeness (QED) is 0.865. The van der Waals surface area contributed by atoms with Gasteiger partial charge in [0.2, 0.25) is 5.91 Å². The Morgan fingerprint density at radius 1 is 1.32 bits per heavy atom. The van der Waals surface area contributed by atoms with Crippen LogP contribution in [0.15, 0.2) is 6.07 Å². The summed E-state index contributed by atoms with van der Waals surface area (Å²) >= 11 is 0. The third-order valence-corrected chi connectivity index (χ3v) is 4.04. The van der Waals surface area contributed by atoms with Gasteiger partial charge in [0.05, 0.1) is 0 Å². The maximum absolute atomic E-state index is 12.6. The van der Waals surface area contributed by atoms with Crippen molar-refractivity contribution in [1.29, 1.82) is 0 Å². The van der Waals surface area contributed by atoms with Crippen LogP contribution >= 0.6 is 0 Å². The molecule has 0 spiro atoms. The molecule has 2 rings (SSSR count). The van der Waals surface area contributed by atoms with Crippen molar-refractivity contribution in [2.45, 2.75) is 70.6 Å². The number of rotatable bonds is 4. The second-order valence-electron chi connectivity index (χ2n) is 5.90. The maximum Gasteiger partial charge on any atom is 0.435 e. The molecular formula is C15H22F3N3O. The van der Waals surface area contributed by atoms with Crippen LogP contribution < -0.4 is 5.32 Å². The number of nitrogens with zero attached hydrogens (tertiary/aromatic N) is 2. The van der Waals surface area contributed by atoms with Gasteiger partial charge in [-0.3, -0.25) is 9.48 Å². The van der Waals surface area contributed by atoms with Crippen LogP contribution in [0, 0.1) is 6.92 Å². The smallest absolute Gasteiger partial charge is 0.353 e. The zero-order valence-corrected chi connectivity index (χ0v) is 12.7. The van der Waals surface area contributed by atoms with Crippen molar-refractivity contribution in [2.75, 3.05) is 0 Å². The number of hydrogen-bond donors (Lipinski definition) is 1. The van der Waals surface area contributed by atoms with Gasteiger partial charge in [0.25, 0.3) is 0 Å². The minimum Gasteiger partial charge on any atom is -0.353 e. The summed E-state index contributed by atoms with van der Waals surface area (Å²) in [7, 11) is 0. The summed E-state index contributed by atoms with van der Waals surface area (Å²) in [5.41, 5.74) is -0.497. The van der Waals surface area contributed by atoms with Crippen LogP contribution in [0.1, 0.15) is 56.3 Å². The van der Waals surface area contributed by atoms with E-state index in [9.17, 15) is 18.0 Å². The van der Waals surface area contributed by atoms with Gasteiger partial charge < -0.3 is 5.32 Å². The average Bonchev–Trinajstić information content (AvgIpc) is 2.64. The first-order chi connectivity index (χ1) is 10.4. The summed E-state index contributed by atoms with van der Waals surface area (Å²) in [5, 5.41) is 6.51. The zero-order valence-electron chi connectivity index (χ0n) is 12.7. The SMILES string of the molecule is Cc1cc(C(F)(F)F)nn1CCC(=O)NC1CCCCCC1. The largest absolute Gasteiger partial charge is 0.435 e. The van der Waals surface area contributed by atoms with E-state index in [2.05, 4.69) is 10.4 Å². The fourth-order valence-electron chi connectivity index (χ4n) is 2.81. The lowest BCUT2D eigenvalue weighted by atomic mass is 10.1. The third-order valence-electron chi connectivity index (χ3n) is 4.04. The van der Waals surface area contributed by atoms with Gasteiger partial charge in [0, 0.05) is 24.7 Å². The number of aromatic nitrogens is 2. The second kappa shape index (κ2) is 7.15. The molecule has 0 unspecified atom stereocenters. The molecule has 0 aliphatic heterocycles. The molecule has 124 valence electrons. The Morgan fingerprint density at radius 3 is 2.50 bits per heavy atom. The summed E-state index contributed by atoms with van der Waals surface area (Å²) in [6.07, 6.45) is 2.35. The van der Waals surface area contributed by atoms with E-state index in [1.165, 1.54) is 17.5 Å². The number of carbonyl (C=O) groups is 1. The van der Waals surface area contributed by atoms with Gasteiger partial charge in [-0.1, -0.05) is 25.7 Å². The van der Waals surface area contributed by atoms with Gasteiger partial charge >= 0.3 is 6.18 Å². The normalized spacial score (nSPS) is 17.3. The van der Waals surface area contributed by atoms with Crippen molar-refractivity contribution in [2.24, 2.45) is 0 Å². The van der Waals surface area contributed by atoms with Crippen molar-refractivity contribution in [1.82, 2.24) is 15.1 Å².